The van der Waals surface area contributed by atoms with E-state index in [4.69, 9.17) is 4.74 Å². The van der Waals surface area contributed by atoms with E-state index in [1.54, 1.807) is 20.8 Å². The molecule has 196 valence electrons. The summed E-state index contributed by atoms with van der Waals surface area (Å²) in [7, 11) is 0. The molecule has 0 aliphatic carbocycles. The predicted molar refractivity (Wildman–Crippen MR) is 147 cm³/mol. The van der Waals surface area contributed by atoms with Gasteiger partial charge in [-0.2, -0.15) is 0 Å². The highest BCUT2D eigenvalue weighted by atomic mass is 16.6. The lowest BCUT2D eigenvalue weighted by Gasteiger charge is -2.36. The summed E-state index contributed by atoms with van der Waals surface area (Å²) in [6.45, 7) is 12.5. The van der Waals surface area contributed by atoms with Crippen molar-refractivity contribution in [3.63, 3.8) is 0 Å². The predicted octanol–water partition coefficient (Wildman–Crippen LogP) is 5.90. The zero-order valence-electron chi connectivity index (χ0n) is 22.7. The molecule has 0 bridgehead atoms. The molecular weight excluding hydrogens is 466 g/mol. The van der Waals surface area contributed by atoms with Gasteiger partial charge in [0.2, 0.25) is 5.91 Å². The smallest absolute Gasteiger partial charge is 0.408 e. The average molecular weight is 504 g/mol. The number of anilines is 1. The Kier molecular flexibility index (Phi) is 8.58. The van der Waals surface area contributed by atoms with E-state index >= 15 is 0 Å². The molecule has 0 fully saturated rings. The van der Waals surface area contributed by atoms with Gasteiger partial charge in [-0.3, -0.25) is 9.59 Å². The summed E-state index contributed by atoms with van der Waals surface area (Å²) in [6.07, 6.45) is -0.686. The second kappa shape index (κ2) is 11.5. The quantitative estimate of drug-likeness (QED) is 0.420. The number of carbonyl (C=O) groups excluding carboxylic acids is 3. The summed E-state index contributed by atoms with van der Waals surface area (Å²) in [4.78, 5) is 41.1. The number of aryl methyl sites for hydroxylation is 2. The summed E-state index contributed by atoms with van der Waals surface area (Å²) in [5.41, 5.74) is 2.52. The van der Waals surface area contributed by atoms with Crippen LogP contribution in [0.15, 0.2) is 60.7 Å². The fourth-order valence-electron chi connectivity index (χ4n) is 4.42. The molecular formula is C30H37N3O4. The molecule has 3 amide bonds. The first-order chi connectivity index (χ1) is 17.4. The van der Waals surface area contributed by atoms with E-state index < -0.39 is 17.7 Å². The molecule has 0 radical (unpaired) electrons. The van der Waals surface area contributed by atoms with Crippen molar-refractivity contribution in [2.75, 3.05) is 11.9 Å². The third-order valence-electron chi connectivity index (χ3n) is 5.99. The molecule has 37 heavy (non-hydrogen) atoms. The number of hydrogen-bond acceptors (Lipinski definition) is 4. The highest BCUT2D eigenvalue weighted by molar-refractivity contribution is 6.00. The summed E-state index contributed by atoms with van der Waals surface area (Å²) in [5.74, 6) is -0.714. The van der Waals surface area contributed by atoms with Crippen molar-refractivity contribution in [3.8, 4) is 0 Å². The van der Waals surface area contributed by atoms with Crippen molar-refractivity contribution >= 4 is 34.4 Å². The first-order valence-electron chi connectivity index (χ1n) is 12.5. The Balaban J connectivity index is 1.96. The maximum Gasteiger partial charge on any atom is 0.408 e. The number of alkyl carbamates (subject to hydrolysis) is 1. The van der Waals surface area contributed by atoms with Crippen LogP contribution in [0.25, 0.3) is 10.8 Å². The number of benzene rings is 3. The van der Waals surface area contributed by atoms with E-state index in [0.717, 1.165) is 27.5 Å². The minimum atomic E-state index is -0.902. The monoisotopic (exact) mass is 503 g/mol. The number of carbonyl (C=O) groups is 3. The van der Waals surface area contributed by atoms with Crippen LogP contribution in [0.1, 0.15) is 57.4 Å². The SMILES string of the molecule is Cc1cccc(C)c1C(C(=O)Nc1ccc2ccccc2c1)N(C(=O)CNC(=O)OC(C)(C)C)C(C)C. The van der Waals surface area contributed by atoms with Crippen molar-refractivity contribution in [1.82, 2.24) is 10.2 Å². The third-order valence-corrected chi connectivity index (χ3v) is 5.99. The summed E-state index contributed by atoms with van der Waals surface area (Å²) in [6, 6.07) is 18.2. The van der Waals surface area contributed by atoms with E-state index in [0.29, 0.717) is 5.69 Å². The van der Waals surface area contributed by atoms with E-state index in [2.05, 4.69) is 10.6 Å². The number of fused-ring (bicyclic) bond motifs is 1. The highest BCUT2D eigenvalue weighted by Crippen LogP contribution is 2.31. The number of hydrogen-bond donors (Lipinski definition) is 2. The molecule has 1 atom stereocenters. The van der Waals surface area contributed by atoms with E-state index in [1.807, 2.05) is 88.4 Å². The highest BCUT2D eigenvalue weighted by Gasteiger charge is 2.35. The van der Waals surface area contributed by atoms with E-state index in [1.165, 1.54) is 4.90 Å². The first kappa shape index (κ1) is 27.7. The molecule has 0 spiro atoms. The normalized spacial score (nSPS) is 12.2. The van der Waals surface area contributed by atoms with Crippen molar-refractivity contribution in [3.05, 3.63) is 77.4 Å². The van der Waals surface area contributed by atoms with Gasteiger partial charge in [0.25, 0.3) is 5.91 Å². The molecule has 0 aromatic heterocycles. The molecule has 7 nitrogen and oxygen atoms in total. The zero-order chi connectivity index (χ0) is 27.3. The molecule has 3 rings (SSSR count). The summed E-state index contributed by atoms with van der Waals surface area (Å²) >= 11 is 0. The van der Waals surface area contributed by atoms with Crippen LogP contribution >= 0.6 is 0 Å². The van der Waals surface area contributed by atoms with Crippen molar-refractivity contribution in [2.24, 2.45) is 0 Å². The van der Waals surface area contributed by atoms with Gasteiger partial charge in [-0.1, -0.05) is 48.5 Å². The van der Waals surface area contributed by atoms with Gasteiger partial charge in [-0.15, -0.1) is 0 Å². The Morgan fingerprint density at radius 3 is 2.11 bits per heavy atom. The number of nitrogens with zero attached hydrogens (tertiary/aromatic N) is 1. The Bertz CT molecular complexity index is 1270. The van der Waals surface area contributed by atoms with Gasteiger partial charge in [0.1, 0.15) is 18.2 Å². The van der Waals surface area contributed by atoms with Gasteiger partial charge in [0.05, 0.1) is 0 Å². The van der Waals surface area contributed by atoms with Crippen LogP contribution in [-0.4, -0.2) is 41.0 Å². The third kappa shape index (κ3) is 7.09. The molecule has 0 aliphatic heterocycles. The summed E-state index contributed by atoms with van der Waals surface area (Å²) < 4.78 is 5.27. The number of ether oxygens (including phenoxy) is 1. The maximum atomic E-state index is 13.9. The fraction of sp³-hybridized carbons (Fsp3) is 0.367. The second-order valence-electron chi connectivity index (χ2n) is 10.5. The minimum Gasteiger partial charge on any atom is -0.444 e. The van der Waals surface area contributed by atoms with E-state index in [-0.39, 0.29) is 24.4 Å². The van der Waals surface area contributed by atoms with Gasteiger partial charge >= 0.3 is 6.09 Å². The Hall–Kier alpha value is -3.87. The fourth-order valence-corrected chi connectivity index (χ4v) is 4.42. The Labute approximate surface area is 219 Å². The lowest BCUT2D eigenvalue weighted by atomic mass is 9.93. The van der Waals surface area contributed by atoms with Crippen LogP contribution in [0.3, 0.4) is 0 Å². The molecule has 0 saturated heterocycles. The number of nitrogens with one attached hydrogen (secondary N) is 2. The van der Waals surface area contributed by atoms with Gasteiger partial charge in [-0.05, 0) is 88.1 Å². The van der Waals surface area contributed by atoms with E-state index in [9.17, 15) is 14.4 Å². The second-order valence-corrected chi connectivity index (χ2v) is 10.5. The van der Waals surface area contributed by atoms with Crippen molar-refractivity contribution < 1.29 is 19.1 Å². The van der Waals surface area contributed by atoms with Crippen LogP contribution in [0.4, 0.5) is 10.5 Å². The Morgan fingerprint density at radius 1 is 0.892 bits per heavy atom. The molecule has 0 aliphatic rings. The lowest BCUT2D eigenvalue weighted by molar-refractivity contribution is -0.140. The van der Waals surface area contributed by atoms with Crippen LogP contribution in [-0.2, 0) is 14.3 Å². The molecule has 3 aromatic rings. The number of amides is 3. The molecule has 0 saturated carbocycles. The van der Waals surface area contributed by atoms with Gasteiger partial charge in [0.15, 0.2) is 0 Å². The van der Waals surface area contributed by atoms with Crippen LogP contribution in [0.5, 0.6) is 0 Å². The topological polar surface area (TPSA) is 87.7 Å². The molecule has 2 N–H and O–H groups in total. The van der Waals surface area contributed by atoms with Gasteiger partial charge < -0.3 is 20.3 Å². The zero-order valence-corrected chi connectivity index (χ0v) is 22.7. The molecule has 0 heterocycles. The Morgan fingerprint density at radius 2 is 1.51 bits per heavy atom. The first-order valence-corrected chi connectivity index (χ1v) is 12.5. The average Bonchev–Trinajstić information content (AvgIpc) is 2.80. The van der Waals surface area contributed by atoms with Gasteiger partial charge in [0, 0.05) is 11.7 Å². The largest absolute Gasteiger partial charge is 0.444 e. The van der Waals surface area contributed by atoms with Gasteiger partial charge in [-0.25, -0.2) is 4.79 Å². The lowest BCUT2D eigenvalue weighted by Crippen LogP contribution is -2.49. The van der Waals surface area contributed by atoms with Crippen molar-refractivity contribution in [1.29, 1.82) is 0 Å². The van der Waals surface area contributed by atoms with Crippen LogP contribution in [0, 0.1) is 13.8 Å². The van der Waals surface area contributed by atoms with Crippen LogP contribution in [0.2, 0.25) is 0 Å². The van der Waals surface area contributed by atoms with Crippen LogP contribution < -0.4 is 10.6 Å². The van der Waals surface area contributed by atoms with Crippen molar-refractivity contribution in [2.45, 2.75) is 66.2 Å². The summed E-state index contributed by atoms with van der Waals surface area (Å²) in [5, 5.41) is 7.63. The minimum absolute atomic E-state index is 0.294. The molecule has 1 unspecified atom stereocenters. The molecule has 7 heteroatoms. The number of rotatable bonds is 7. The molecule has 3 aromatic carbocycles. The standard InChI is InChI=1S/C30H37N3O4/c1-19(2)33(25(34)18-31-29(36)37-30(5,6)7)27(26-20(3)11-10-12-21(26)4)28(35)32-24-16-15-22-13-8-9-14-23(22)17-24/h8-17,19,27H,18H2,1-7H3,(H,31,36)(H,32,35). The maximum absolute atomic E-state index is 13.9.